The summed E-state index contributed by atoms with van der Waals surface area (Å²) in [6.45, 7) is 3.77. The Labute approximate surface area is 88.1 Å². The van der Waals surface area contributed by atoms with E-state index in [-0.39, 0.29) is 11.7 Å². The molecule has 0 amide bonds. The first-order valence-electron chi connectivity index (χ1n) is 4.40. The molecule has 1 atom stereocenters. The van der Waals surface area contributed by atoms with Crippen LogP contribution in [-0.2, 0) is 0 Å². The molecule has 0 spiro atoms. The Hall–Kier alpha value is -1.07. The molecule has 0 bridgehead atoms. The zero-order valence-corrected chi connectivity index (χ0v) is 8.85. The quantitative estimate of drug-likeness (QED) is 0.731. The maximum absolute atomic E-state index is 13.4. The smallest absolute Gasteiger partial charge is 0.127 e. The number of hydrogen-bond acceptors (Lipinski definition) is 1. The molecule has 0 aromatic heterocycles. The van der Waals surface area contributed by atoms with E-state index in [1.54, 1.807) is 0 Å². The van der Waals surface area contributed by atoms with E-state index in [2.05, 4.69) is 6.07 Å². The minimum atomic E-state index is -0.436. The number of rotatable bonds is 2. The molecule has 0 aliphatic heterocycles. The predicted molar refractivity (Wildman–Crippen MR) is 54.6 cm³/mol. The van der Waals surface area contributed by atoms with Crippen molar-refractivity contribution in [3.05, 3.63) is 34.6 Å². The first kappa shape index (κ1) is 11.0. The molecule has 0 heterocycles. The first-order chi connectivity index (χ1) is 6.56. The van der Waals surface area contributed by atoms with E-state index in [1.165, 1.54) is 18.2 Å². The first-order valence-corrected chi connectivity index (χ1v) is 4.78. The van der Waals surface area contributed by atoms with Gasteiger partial charge in [0, 0.05) is 10.6 Å². The van der Waals surface area contributed by atoms with Crippen LogP contribution in [0.1, 0.15) is 25.3 Å². The number of halogens is 2. The van der Waals surface area contributed by atoms with Crippen LogP contribution in [0.5, 0.6) is 0 Å². The second-order valence-electron chi connectivity index (χ2n) is 3.52. The highest BCUT2D eigenvalue weighted by Gasteiger charge is 2.18. The van der Waals surface area contributed by atoms with Crippen molar-refractivity contribution < 1.29 is 4.39 Å². The number of hydrogen-bond donors (Lipinski definition) is 0. The molecule has 0 radical (unpaired) electrons. The maximum Gasteiger partial charge on any atom is 0.127 e. The Morgan fingerprint density at radius 3 is 2.57 bits per heavy atom. The van der Waals surface area contributed by atoms with Crippen molar-refractivity contribution in [1.82, 2.24) is 0 Å². The van der Waals surface area contributed by atoms with Gasteiger partial charge in [0.05, 0.1) is 12.0 Å². The summed E-state index contributed by atoms with van der Waals surface area (Å²) in [4.78, 5) is 0. The molecular formula is C11H11ClFN. The summed E-state index contributed by atoms with van der Waals surface area (Å²) in [5, 5.41) is 9.37. The summed E-state index contributed by atoms with van der Waals surface area (Å²) in [5.74, 6) is -0.726. The summed E-state index contributed by atoms with van der Waals surface area (Å²) in [7, 11) is 0. The van der Waals surface area contributed by atoms with Gasteiger partial charge in [0.15, 0.2) is 0 Å². The van der Waals surface area contributed by atoms with E-state index in [4.69, 9.17) is 16.9 Å². The van der Waals surface area contributed by atoms with Crippen LogP contribution >= 0.6 is 11.6 Å². The van der Waals surface area contributed by atoms with Crippen molar-refractivity contribution in [2.24, 2.45) is 5.92 Å². The van der Waals surface area contributed by atoms with E-state index in [9.17, 15) is 4.39 Å². The molecule has 0 aliphatic rings. The van der Waals surface area contributed by atoms with Gasteiger partial charge in [-0.3, -0.25) is 0 Å². The fraction of sp³-hybridized carbons (Fsp3) is 0.364. The SMILES string of the molecule is CC(C)C(C#N)c1cc(Cl)ccc1F. The maximum atomic E-state index is 13.4. The molecule has 1 nitrogen and oxygen atoms in total. The minimum Gasteiger partial charge on any atom is -0.207 e. The standard InChI is InChI=1S/C11H11ClFN/c1-7(2)10(6-14)9-5-8(12)3-4-11(9)13/h3-5,7,10H,1-2H3. The van der Waals surface area contributed by atoms with Crippen LogP contribution in [0.15, 0.2) is 18.2 Å². The summed E-state index contributed by atoms with van der Waals surface area (Å²) >= 11 is 5.75. The zero-order chi connectivity index (χ0) is 10.7. The van der Waals surface area contributed by atoms with Gasteiger partial charge in [-0.1, -0.05) is 25.4 Å². The molecule has 0 aliphatic carbocycles. The highest BCUT2D eigenvalue weighted by atomic mass is 35.5. The van der Waals surface area contributed by atoms with Crippen molar-refractivity contribution >= 4 is 11.6 Å². The molecule has 0 fully saturated rings. The Morgan fingerprint density at radius 2 is 2.07 bits per heavy atom. The molecule has 1 aromatic rings. The molecule has 1 aromatic carbocycles. The molecule has 1 rings (SSSR count). The van der Waals surface area contributed by atoms with E-state index >= 15 is 0 Å². The van der Waals surface area contributed by atoms with Gasteiger partial charge >= 0.3 is 0 Å². The van der Waals surface area contributed by atoms with Gasteiger partial charge in [-0.05, 0) is 24.1 Å². The van der Waals surface area contributed by atoms with Crippen LogP contribution in [-0.4, -0.2) is 0 Å². The lowest BCUT2D eigenvalue weighted by Crippen LogP contribution is -2.06. The lowest BCUT2D eigenvalue weighted by atomic mass is 9.89. The van der Waals surface area contributed by atoms with Crippen molar-refractivity contribution in [2.45, 2.75) is 19.8 Å². The summed E-state index contributed by atoms with van der Waals surface area (Å²) in [6, 6.07) is 6.38. The average molecular weight is 212 g/mol. The summed E-state index contributed by atoms with van der Waals surface area (Å²) in [6.07, 6.45) is 0. The van der Waals surface area contributed by atoms with E-state index in [0.29, 0.717) is 10.6 Å². The van der Waals surface area contributed by atoms with Gasteiger partial charge in [-0.15, -0.1) is 0 Å². The fourth-order valence-corrected chi connectivity index (χ4v) is 1.51. The lowest BCUT2D eigenvalue weighted by Gasteiger charge is -2.14. The van der Waals surface area contributed by atoms with Gasteiger partial charge in [0.25, 0.3) is 0 Å². The van der Waals surface area contributed by atoms with Crippen LogP contribution in [0.3, 0.4) is 0 Å². The summed E-state index contributed by atoms with van der Waals surface area (Å²) in [5.41, 5.74) is 0.384. The molecule has 3 heteroatoms. The van der Waals surface area contributed by atoms with Crippen LogP contribution in [0.2, 0.25) is 5.02 Å². The van der Waals surface area contributed by atoms with Crippen molar-refractivity contribution in [3.8, 4) is 6.07 Å². The predicted octanol–water partition coefficient (Wildman–Crippen LogP) is 3.74. The molecule has 74 valence electrons. The van der Waals surface area contributed by atoms with Gasteiger partial charge in [0.2, 0.25) is 0 Å². The third-order valence-corrected chi connectivity index (χ3v) is 2.33. The number of benzene rings is 1. The van der Waals surface area contributed by atoms with Crippen molar-refractivity contribution in [2.75, 3.05) is 0 Å². The number of nitrogens with zero attached hydrogens (tertiary/aromatic N) is 1. The number of nitriles is 1. The van der Waals surface area contributed by atoms with E-state index in [0.717, 1.165) is 0 Å². The minimum absolute atomic E-state index is 0.0768. The van der Waals surface area contributed by atoms with Crippen molar-refractivity contribution in [3.63, 3.8) is 0 Å². The Bertz CT molecular complexity index is 368. The second kappa shape index (κ2) is 4.43. The van der Waals surface area contributed by atoms with Gasteiger partial charge in [-0.25, -0.2) is 4.39 Å². The molecular weight excluding hydrogens is 201 g/mol. The van der Waals surface area contributed by atoms with Crippen LogP contribution in [0.4, 0.5) is 4.39 Å². The van der Waals surface area contributed by atoms with E-state index < -0.39 is 5.92 Å². The Morgan fingerprint density at radius 1 is 1.43 bits per heavy atom. The van der Waals surface area contributed by atoms with Gasteiger partial charge in [-0.2, -0.15) is 5.26 Å². The van der Waals surface area contributed by atoms with Crippen LogP contribution in [0.25, 0.3) is 0 Å². The molecule has 0 saturated carbocycles. The van der Waals surface area contributed by atoms with Gasteiger partial charge in [0.1, 0.15) is 5.82 Å². The third-order valence-electron chi connectivity index (χ3n) is 2.10. The van der Waals surface area contributed by atoms with Crippen molar-refractivity contribution in [1.29, 1.82) is 5.26 Å². The van der Waals surface area contributed by atoms with Crippen LogP contribution in [0, 0.1) is 23.1 Å². The fourth-order valence-electron chi connectivity index (χ4n) is 1.33. The topological polar surface area (TPSA) is 23.8 Å². The second-order valence-corrected chi connectivity index (χ2v) is 3.95. The highest BCUT2D eigenvalue weighted by Crippen LogP contribution is 2.28. The van der Waals surface area contributed by atoms with Crippen LogP contribution < -0.4 is 0 Å². The van der Waals surface area contributed by atoms with E-state index in [1.807, 2.05) is 13.8 Å². The molecule has 1 unspecified atom stereocenters. The average Bonchev–Trinajstić information content (AvgIpc) is 2.11. The normalized spacial score (nSPS) is 12.6. The molecule has 0 N–H and O–H groups in total. The highest BCUT2D eigenvalue weighted by molar-refractivity contribution is 6.30. The largest absolute Gasteiger partial charge is 0.207 e. The summed E-state index contributed by atoms with van der Waals surface area (Å²) < 4.78 is 13.4. The monoisotopic (exact) mass is 211 g/mol. The molecule has 14 heavy (non-hydrogen) atoms. The van der Waals surface area contributed by atoms with Gasteiger partial charge < -0.3 is 0 Å². The Balaban J connectivity index is 3.17. The lowest BCUT2D eigenvalue weighted by molar-refractivity contribution is 0.540. The molecule has 0 saturated heterocycles. The zero-order valence-electron chi connectivity index (χ0n) is 8.09. The Kier molecular flexibility index (Phi) is 3.49. The third kappa shape index (κ3) is 2.24.